The summed E-state index contributed by atoms with van der Waals surface area (Å²) in [7, 11) is 0. The van der Waals surface area contributed by atoms with Crippen LogP contribution in [0.2, 0.25) is 0 Å². The first kappa shape index (κ1) is 13.9. The molecule has 0 radical (unpaired) electrons. The van der Waals surface area contributed by atoms with Gasteiger partial charge in [-0.3, -0.25) is 0 Å². The van der Waals surface area contributed by atoms with Crippen molar-refractivity contribution in [3.8, 4) is 0 Å². The molecule has 0 atom stereocenters. The van der Waals surface area contributed by atoms with Crippen molar-refractivity contribution in [2.75, 3.05) is 5.88 Å². The van der Waals surface area contributed by atoms with Crippen molar-refractivity contribution in [2.45, 2.75) is 51.5 Å². The largest absolute Gasteiger partial charge is 0.325 e. The van der Waals surface area contributed by atoms with Gasteiger partial charge in [-0.1, -0.05) is 25.5 Å². The van der Waals surface area contributed by atoms with Crippen molar-refractivity contribution in [3.05, 3.63) is 30.1 Å². The molecule has 1 aromatic heterocycles. The monoisotopic (exact) mass is 290 g/mol. The molecule has 0 saturated heterocycles. The van der Waals surface area contributed by atoms with Crippen molar-refractivity contribution in [3.63, 3.8) is 0 Å². The molecule has 0 aliphatic heterocycles. The quantitative estimate of drug-likeness (QED) is 0.728. The SMILES string of the molecule is CCC1CCC(n2c(CCCl)nc3ccccc32)CC1. The highest BCUT2D eigenvalue weighted by molar-refractivity contribution is 6.17. The number of para-hydroxylation sites is 2. The van der Waals surface area contributed by atoms with Crippen molar-refractivity contribution >= 4 is 22.6 Å². The lowest BCUT2D eigenvalue weighted by Gasteiger charge is -2.30. The molecule has 0 unspecified atom stereocenters. The Hall–Kier alpha value is -1.02. The van der Waals surface area contributed by atoms with Crippen LogP contribution < -0.4 is 0 Å². The number of nitrogens with zero attached hydrogens (tertiary/aromatic N) is 2. The van der Waals surface area contributed by atoms with Crippen molar-refractivity contribution in [2.24, 2.45) is 5.92 Å². The molecule has 1 aliphatic carbocycles. The van der Waals surface area contributed by atoms with E-state index in [1.165, 1.54) is 43.4 Å². The van der Waals surface area contributed by atoms with Gasteiger partial charge < -0.3 is 4.57 Å². The van der Waals surface area contributed by atoms with Gasteiger partial charge in [-0.2, -0.15) is 0 Å². The predicted molar refractivity (Wildman–Crippen MR) is 85.4 cm³/mol. The fourth-order valence-electron chi connectivity index (χ4n) is 3.57. The topological polar surface area (TPSA) is 17.8 Å². The van der Waals surface area contributed by atoms with Gasteiger partial charge in [0.2, 0.25) is 0 Å². The summed E-state index contributed by atoms with van der Waals surface area (Å²) in [6.07, 6.45) is 7.47. The average Bonchev–Trinajstić information content (AvgIpc) is 2.86. The Labute approximate surface area is 126 Å². The van der Waals surface area contributed by atoms with Crippen LogP contribution in [-0.2, 0) is 6.42 Å². The van der Waals surface area contributed by atoms with E-state index in [2.05, 4.69) is 35.8 Å². The first-order chi connectivity index (χ1) is 9.83. The first-order valence-electron chi connectivity index (χ1n) is 7.85. The Balaban J connectivity index is 1.94. The van der Waals surface area contributed by atoms with Crippen molar-refractivity contribution in [1.29, 1.82) is 0 Å². The number of fused-ring (bicyclic) bond motifs is 1. The number of alkyl halides is 1. The molecule has 2 aromatic rings. The molecular weight excluding hydrogens is 268 g/mol. The fourth-order valence-corrected chi connectivity index (χ4v) is 3.74. The van der Waals surface area contributed by atoms with Gasteiger partial charge in [0.1, 0.15) is 5.82 Å². The van der Waals surface area contributed by atoms with Gasteiger partial charge in [-0.25, -0.2) is 4.98 Å². The highest BCUT2D eigenvalue weighted by Crippen LogP contribution is 2.36. The Morgan fingerprint density at radius 2 is 1.95 bits per heavy atom. The molecule has 1 aliphatic rings. The van der Waals surface area contributed by atoms with E-state index < -0.39 is 0 Å². The number of imidazole rings is 1. The average molecular weight is 291 g/mol. The van der Waals surface area contributed by atoms with Crippen LogP contribution in [0.4, 0.5) is 0 Å². The van der Waals surface area contributed by atoms with Crippen LogP contribution in [0, 0.1) is 5.92 Å². The summed E-state index contributed by atoms with van der Waals surface area (Å²) in [6, 6.07) is 9.11. The van der Waals surface area contributed by atoms with E-state index in [4.69, 9.17) is 16.6 Å². The van der Waals surface area contributed by atoms with E-state index in [0.717, 1.165) is 17.9 Å². The molecule has 2 nitrogen and oxygen atoms in total. The molecule has 3 rings (SSSR count). The van der Waals surface area contributed by atoms with Crippen LogP contribution in [0.15, 0.2) is 24.3 Å². The van der Waals surface area contributed by atoms with E-state index in [-0.39, 0.29) is 0 Å². The molecule has 1 saturated carbocycles. The molecule has 3 heteroatoms. The zero-order chi connectivity index (χ0) is 13.9. The Morgan fingerprint density at radius 3 is 2.65 bits per heavy atom. The molecule has 0 bridgehead atoms. The summed E-state index contributed by atoms with van der Waals surface area (Å²) in [5, 5.41) is 0. The van der Waals surface area contributed by atoms with Crippen LogP contribution in [-0.4, -0.2) is 15.4 Å². The van der Waals surface area contributed by atoms with Gasteiger partial charge in [0.05, 0.1) is 11.0 Å². The minimum atomic E-state index is 0.614. The predicted octanol–water partition coefficient (Wildman–Crippen LogP) is 4.96. The van der Waals surface area contributed by atoms with Crippen LogP contribution in [0.3, 0.4) is 0 Å². The maximum absolute atomic E-state index is 5.97. The minimum absolute atomic E-state index is 0.614. The minimum Gasteiger partial charge on any atom is -0.325 e. The maximum Gasteiger partial charge on any atom is 0.111 e. The van der Waals surface area contributed by atoms with Crippen LogP contribution in [0.25, 0.3) is 11.0 Å². The molecule has 0 spiro atoms. The second-order valence-corrected chi connectivity index (χ2v) is 6.29. The summed E-state index contributed by atoms with van der Waals surface area (Å²) < 4.78 is 2.48. The molecule has 108 valence electrons. The maximum atomic E-state index is 5.97. The number of aryl methyl sites for hydroxylation is 1. The third-order valence-corrected chi connectivity index (χ3v) is 4.93. The van der Waals surface area contributed by atoms with E-state index in [0.29, 0.717) is 11.9 Å². The molecular formula is C17H23ClN2. The van der Waals surface area contributed by atoms with Crippen LogP contribution >= 0.6 is 11.6 Å². The summed E-state index contributed by atoms with van der Waals surface area (Å²) in [5.74, 6) is 2.74. The summed E-state index contributed by atoms with van der Waals surface area (Å²) in [6.45, 7) is 2.32. The van der Waals surface area contributed by atoms with Gasteiger partial charge in [0.15, 0.2) is 0 Å². The zero-order valence-electron chi connectivity index (χ0n) is 12.2. The molecule has 1 aromatic carbocycles. The van der Waals surface area contributed by atoms with Gasteiger partial charge in [-0.15, -0.1) is 11.6 Å². The lowest BCUT2D eigenvalue weighted by molar-refractivity contribution is 0.270. The molecule has 20 heavy (non-hydrogen) atoms. The third kappa shape index (κ3) is 2.58. The Bertz CT molecular complexity index is 567. The van der Waals surface area contributed by atoms with Crippen LogP contribution in [0.5, 0.6) is 0 Å². The normalized spacial score (nSPS) is 23.3. The van der Waals surface area contributed by atoms with E-state index >= 15 is 0 Å². The number of rotatable bonds is 4. The smallest absolute Gasteiger partial charge is 0.111 e. The number of halogens is 1. The molecule has 0 N–H and O–H groups in total. The molecule has 0 amide bonds. The van der Waals surface area contributed by atoms with Gasteiger partial charge in [-0.05, 0) is 43.7 Å². The number of hydrogen-bond acceptors (Lipinski definition) is 1. The highest BCUT2D eigenvalue weighted by atomic mass is 35.5. The number of hydrogen-bond donors (Lipinski definition) is 0. The molecule has 1 fully saturated rings. The van der Waals surface area contributed by atoms with E-state index in [9.17, 15) is 0 Å². The van der Waals surface area contributed by atoms with E-state index in [1.807, 2.05) is 0 Å². The summed E-state index contributed by atoms with van der Waals surface area (Å²) in [5.41, 5.74) is 2.40. The lowest BCUT2D eigenvalue weighted by Crippen LogP contribution is -2.19. The van der Waals surface area contributed by atoms with Crippen LogP contribution in [0.1, 0.15) is 50.9 Å². The molecule has 1 heterocycles. The number of aromatic nitrogens is 2. The van der Waals surface area contributed by atoms with Gasteiger partial charge in [0.25, 0.3) is 0 Å². The van der Waals surface area contributed by atoms with Gasteiger partial charge in [0, 0.05) is 18.3 Å². The lowest BCUT2D eigenvalue weighted by atomic mass is 9.84. The van der Waals surface area contributed by atoms with Crippen molar-refractivity contribution < 1.29 is 0 Å². The third-order valence-electron chi connectivity index (χ3n) is 4.75. The fraction of sp³-hybridized carbons (Fsp3) is 0.588. The standard InChI is InChI=1S/C17H23ClN2/c1-2-13-7-9-14(10-8-13)20-16-6-4-3-5-15(16)19-17(20)11-12-18/h3-6,13-14H,2,7-12H2,1H3. The number of benzene rings is 1. The highest BCUT2D eigenvalue weighted by Gasteiger charge is 2.24. The summed E-state index contributed by atoms with van der Waals surface area (Å²) >= 11 is 5.97. The second kappa shape index (κ2) is 6.17. The second-order valence-electron chi connectivity index (χ2n) is 5.91. The summed E-state index contributed by atoms with van der Waals surface area (Å²) in [4.78, 5) is 4.80. The van der Waals surface area contributed by atoms with Gasteiger partial charge >= 0.3 is 0 Å². The Morgan fingerprint density at radius 1 is 1.20 bits per heavy atom. The zero-order valence-corrected chi connectivity index (χ0v) is 12.9. The Kier molecular flexibility index (Phi) is 4.30. The van der Waals surface area contributed by atoms with Crippen molar-refractivity contribution in [1.82, 2.24) is 9.55 Å². The first-order valence-corrected chi connectivity index (χ1v) is 8.38. The van der Waals surface area contributed by atoms with E-state index in [1.54, 1.807) is 0 Å².